The van der Waals surface area contributed by atoms with Crippen LogP contribution in [0.15, 0.2) is 48.8 Å². The molecule has 1 aromatic heterocycles. The molecule has 1 atom stereocenters. The van der Waals surface area contributed by atoms with E-state index in [0.717, 1.165) is 0 Å². The summed E-state index contributed by atoms with van der Waals surface area (Å²) < 4.78 is 0. The molecule has 2 aromatic rings. The Morgan fingerprint density at radius 2 is 1.74 bits per heavy atom. The van der Waals surface area contributed by atoms with Crippen LogP contribution in [0.5, 0.6) is 0 Å². The van der Waals surface area contributed by atoms with Crippen LogP contribution in [0.2, 0.25) is 0 Å². The lowest BCUT2D eigenvalue weighted by Gasteiger charge is -2.15. The minimum absolute atomic E-state index is 0.0244. The van der Waals surface area contributed by atoms with Crippen molar-refractivity contribution in [2.45, 2.75) is 19.9 Å². The molecule has 8 heteroatoms. The van der Waals surface area contributed by atoms with E-state index in [4.69, 9.17) is 5.73 Å². The summed E-state index contributed by atoms with van der Waals surface area (Å²) in [6.07, 6.45) is 3.15. The van der Waals surface area contributed by atoms with E-state index in [1.807, 2.05) is 13.8 Å². The SMILES string of the molecule is CC(C)[C@H](N)C(=O)NCC(=O)Nc1cccc(C(=O)Nc2ccncc2)c1. The first-order chi connectivity index (χ1) is 12.9. The maximum absolute atomic E-state index is 12.3. The summed E-state index contributed by atoms with van der Waals surface area (Å²) in [7, 11) is 0. The van der Waals surface area contributed by atoms with Gasteiger partial charge in [0.05, 0.1) is 12.6 Å². The number of carbonyl (C=O) groups excluding carboxylic acids is 3. The molecular weight excluding hydrogens is 346 g/mol. The van der Waals surface area contributed by atoms with E-state index in [-0.39, 0.29) is 24.3 Å². The second-order valence-electron chi connectivity index (χ2n) is 6.31. The number of carbonyl (C=O) groups is 3. The fourth-order valence-corrected chi connectivity index (χ4v) is 2.17. The Kier molecular flexibility index (Phi) is 7.01. The van der Waals surface area contributed by atoms with Gasteiger partial charge in [-0.15, -0.1) is 0 Å². The standard InChI is InChI=1S/C19H23N5O3/c1-12(2)17(20)19(27)22-11-16(25)23-15-5-3-4-13(10-15)18(26)24-14-6-8-21-9-7-14/h3-10,12,17H,11,20H2,1-2H3,(H,22,27)(H,23,25)(H,21,24,26)/t17-/m0/s1. The molecule has 0 radical (unpaired) electrons. The highest BCUT2D eigenvalue weighted by Gasteiger charge is 2.17. The monoisotopic (exact) mass is 369 g/mol. The number of nitrogens with zero attached hydrogens (tertiary/aromatic N) is 1. The Morgan fingerprint density at radius 1 is 1.04 bits per heavy atom. The fourth-order valence-electron chi connectivity index (χ4n) is 2.17. The van der Waals surface area contributed by atoms with Crippen LogP contribution < -0.4 is 21.7 Å². The van der Waals surface area contributed by atoms with Gasteiger partial charge in [-0.3, -0.25) is 19.4 Å². The van der Waals surface area contributed by atoms with Crippen LogP contribution >= 0.6 is 0 Å². The smallest absolute Gasteiger partial charge is 0.255 e. The lowest BCUT2D eigenvalue weighted by molar-refractivity contribution is -0.125. The Labute approximate surface area is 157 Å². The fraction of sp³-hybridized carbons (Fsp3) is 0.263. The number of aromatic nitrogens is 1. The summed E-state index contributed by atoms with van der Waals surface area (Å²) in [6.45, 7) is 3.45. The van der Waals surface area contributed by atoms with Gasteiger partial charge in [0.2, 0.25) is 11.8 Å². The lowest BCUT2D eigenvalue weighted by Crippen LogP contribution is -2.46. The van der Waals surface area contributed by atoms with Crippen molar-refractivity contribution >= 4 is 29.1 Å². The number of hydrogen-bond donors (Lipinski definition) is 4. The van der Waals surface area contributed by atoms with Gasteiger partial charge in [0.25, 0.3) is 5.91 Å². The molecule has 0 aliphatic carbocycles. The molecule has 1 aromatic carbocycles. The van der Waals surface area contributed by atoms with Gasteiger partial charge in [-0.2, -0.15) is 0 Å². The quantitative estimate of drug-likeness (QED) is 0.586. The molecule has 142 valence electrons. The Hall–Kier alpha value is -3.26. The van der Waals surface area contributed by atoms with Crippen LogP contribution in [0.1, 0.15) is 24.2 Å². The molecular formula is C19H23N5O3. The number of benzene rings is 1. The van der Waals surface area contributed by atoms with E-state index in [1.165, 1.54) is 0 Å². The summed E-state index contributed by atoms with van der Waals surface area (Å²) in [5.41, 5.74) is 7.18. The van der Waals surface area contributed by atoms with Crippen LogP contribution in [-0.2, 0) is 9.59 Å². The Bertz CT molecular complexity index is 808. The van der Waals surface area contributed by atoms with Crippen LogP contribution in [0.3, 0.4) is 0 Å². The third-order valence-electron chi connectivity index (χ3n) is 3.79. The van der Waals surface area contributed by atoms with Crippen molar-refractivity contribution in [3.8, 4) is 0 Å². The molecule has 27 heavy (non-hydrogen) atoms. The van der Waals surface area contributed by atoms with Crippen molar-refractivity contribution in [1.29, 1.82) is 0 Å². The first-order valence-corrected chi connectivity index (χ1v) is 8.51. The van der Waals surface area contributed by atoms with Crippen LogP contribution in [-0.4, -0.2) is 35.3 Å². The first-order valence-electron chi connectivity index (χ1n) is 8.51. The maximum Gasteiger partial charge on any atom is 0.255 e. The number of anilines is 2. The maximum atomic E-state index is 12.3. The molecule has 0 unspecified atom stereocenters. The van der Waals surface area contributed by atoms with Gasteiger partial charge < -0.3 is 21.7 Å². The molecule has 0 saturated heterocycles. The highest BCUT2D eigenvalue weighted by atomic mass is 16.2. The van der Waals surface area contributed by atoms with E-state index in [0.29, 0.717) is 16.9 Å². The van der Waals surface area contributed by atoms with Gasteiger partial charge in [-0.05, 0) is 36.2 Å². The van der Waals surface area contributed by atoms with Gasteiger partial charge in [-0.25, -0.2) is 0 Å². The minimum atomic E-state index is -0.669. The zero-order valence-electron chi connectivity index (χ0n) is 15.2. The Balaban J connectivity index is 1.92. The number of nitrogens with one attached hydrogen (secondary N) is 3. The first kappa shape index (κ1) is 20.1. The summed E-state index contributed by atoms with van der Waals surface area (Å²) >= 11 is 0. The van der Waals surface area contributed by atoms with Gasteiger partial charge >= 0.3 is 0 Å². The zero-order chi connectivity index (χ0) is 19.8. The molecule has 0 fully saturated rings. The molecule has 0 aliphatic rings. The van der Waals surface area contributed by atoms with Crippen molar-refractivity contribution in [2.75, 3.05) is 17.2 Å². The van der Waals surface area contributed by atoms with Gasteiger partial charge in [-0.1, -0.05) is 19.9 Å². The average molecular weight is 369 g/mol. The average Bonchev–Trinajstić information content (AvgIpc) is 2.66. The molecule has 0 bridgehead atoms. The van der Waals surface area contributed by atoms with E-state index >= 15 is 0 Å². The highest BCUT2D eigenvalue weighted by molar-refractivity contribution is 6.05. The van der Waals surface area contributed by atoms with E-state index < -0.39 is 11.9 Å². The van der Waals surface area contributed by atoms with Crippen molar-refractivity contribution < 1.29 is 14.4 Å². The van der Waals surface area contributed by atoms with E-state index in [2.05, 4.69) is 20.9 Å². The van der Waals surface area contributed by atoms with Crippen molar-refractivity contribution in [2.24, 2.45) is 11.7 Å². The predicted octanol–water partition coefficient (Wildman–Crippen LogP) is 1.37. The molecule has 8 nitrogen and oxygen atoms in total. The number of pyridine rings is 1. The van der Waals surface area contributed by atoms with E-state index in [1.54, 1.807) is 48.8 Å². The minimum Gasteiger partial charge on any atom is -0.346 e. The Morgan fingerprint density at radius 3 is 2.41 bits per heavy atom. The molecule has 3 amide bonds. The van der Waals surface area contributed by atoms with Crippen LogP contribution in [0.25, 0.3) is 0 Å². The number of amides is 3. The molecule has 2 rings (SSSR count). The lowest BCUT2D eigenvalue weighted by atomic mass is 10.1. The van der Waals surface area contributed by atoms with E-state index in [9.17, 15) is 14.4 Å². The van der Waals surface area contributed by atoms with Crippen molar-refractivity contribution in [3.05, 3.63) is 54.4 Å². The molecule has 1 heterocycles. The highest BCUT2D eigenvalue weighted by Crippen LogP contribution is 2.13. The summed E-state index contributed by atoms with van der Waals surface area (Å²) in [4.78, 5) is 40.0. The topological polar surface area (TPSA) is 126 Å². The van der Waals surface area contributed by atoms with Crippen molar-refractivity contribution in [1.82, 2.24) is 10.3 Å². The normalized spacial score (nSPS) is 11.6. The summed E-state index contributed by atoms with van der Waals surface area (Å²) in [5.74, 6) is -1.13. The van der Waals surface area contributed by atoms with Crippen LogP contribution in [0, 0.1) is 5.92 Å². The zero-order valence-corrected chi connectivity index (χ0v) is 15.2. The predicted molar refractivity (Wildman–Crippen MR) is 103 cm³/mol. The van der Waals surface area contributed by atoms with Crippen molar-refractivity contribution in [3.63, 3.8) is 0 Å². The second-order valence-corrected chi connectivity index (χ2v) is 6.31. The molecule has 0 aliphatic heterocycles. The summed E-state index contributed by atoms with van der Waals surface area (Å²) in [6, 6.07) is 9.18. The number of nitrogens with two attached hydrogens (primary N) is 1. The number of rotatable bonds is 7. The molecule has 5 N–H and O–H groups in total. The van der Waals surface area contributed by atoms with Crippen LogP contribution in [0.4, 0.5) is 11.4 Å². The summed E-state index contributed by atoms with van der Waals surface area (Å²) in [5, 5.41) is 7.87. The largest absolute Gasteiger partial charge is 0.346 e. The molecule has 0 spiro atoms. The number of hydrogen-bond acceptors (Lipinski definition) is 5. The third-order valence-corrected chi connectivity index (χ3v) is 3.79. The van der Waals surface area contributed by atoms with Gasteiger partial charge in [0.1, 0.15) is 0 Å². The van der Waals surface area contributed by atoms with Gasteiger partial charge in [0, 0.05) is 29.3 Å². The molecule has 0 saturated carbocycles. The second kappa shape index (κ2) is 9.44. The third kappa shape index (κ3) is 6.19. The van der Waals surface area contributed by atoms with Gasteiger partial charge in [0.15, 0.2) is 0 Å².